The van der Waals surface area contributed by atoms with Crippen LogP contribution in [0.25, 0.3) is 0 Å². The van der Waals surface area contributed by atoms with Crippen molar-refractivity contribution in [1.29, 1.82) is 0 Å². The van der Waals surface area contributed by atoms with Crippen molar-refractivity contribution in [3.8, 4) is 0 Å². The average molecular weight is 249 g/mol. The lowest BCUT2D eigenvalue weighted by Crippen LogP contribution is -2.32. The molecular weight excluding hydrogens is 226 g/mol. The Labute approximate surface area is 109 Å². The lowest BCUT2D eigenvalue weighted by molar-refractivity contribution is -0.117. The third-order valence-corrected chi connectivity index (χ3v) is 3.61. The van der Waals surface area contributed by atoms with Gasteiger partial charge in [-0.25, -0.2) is 0 Å². The van der Waals surface area contributed by atoms with Crippen LogP contribution in [0.2, 0.25) is 0 Å². The third-order valence-electron chi connectivity index (χ3n) is 3.61. The van der Waals surface area contributed by atoms with Crippen LogP contribution in [0.4, 0.5) is 0 Å². The van der Waals surface area contributed by atoms with Crippen LogP contribution in [0.1, 0.15) is 44.0 Å². The molecule has 0 saturated heterocycles. The van der Waals surface area contributed by atoms with Gasteiger partial charge in [0.15, 0.2) is 5.78 Å². The number of hydrogen-bond acceptors (Lipinski definition) is 3. The second-order valence-corrected chi connectivity index (χ2v) is 5.17. The molecule has 0 atom stereocenters. The first kappa shape index (κ1) is 13.3. The summed E-state index contributed by atoms with van der Waals surface area (Å²) >= 11 is 0. The Morgan fingerprint density at radius 2 is 2.22 bits per heavy atom. The largest absolute Gasteiger partial charge is 0.307 e. The fourth-order valence-corrected chi connectivity index (χ4v) is 2.67. The van der Waals surface area contributed by atoms with Gasteiger partial charge in [-0.1, -0.05) is 12.8 Å². The minimum atomic E-state index is 0.261. The lowest BCUT2D eigenvalue weighted by Gasteiger charge is -2.11. The summed E-state index contributed by atoms with van der Waals surface area (Å²) in [5.74, 6) is 0.261. The maximum absolute atomic E-state index is 11.9. The van der Waals surface area contributed by atoms with E-state index in [1.165, 1.54) is 25.7 Å². The van der Waals surface area contributed by atoms with E-state index in [0.29, 0.717) is 19.0 Å². The van der Waals surface area contributed by atoms with Gasteiger partial charge < -0.3 is 5.32 Å². The smallest absolute Gasteiger partial charge is 0.152 e. The third kappa shape index (κ3) is 3.42. The zero-order chi connectivity index (χ0) is 13.0. The van der Waals surface area contributed by atoms with E-state index >= 15 is 0 Å². The summed E-state index contributed by atoms with van der Waals surface area (Å²) in [5.41, 5.74) is 2.02. The van der Waals surface area contributed by atoms with Crippen LogP contribution in [0, 0.1) is 6.92 Å². The van der Waals surface area contributed by atoms with Crippen LogP contribution < -0.4 is 5.32 Å². The Kier molecular flexibility index (Phi) is 4.53. The molecule has 0 radical (unpaired) electrons. The van der Waals surface area contributed by atoms with E-state index in [1.54, 1.807) is 0 Å². The van der Waals surface area contributed by atoms with Crippen molar-refractivity contribution in [2.24, 2.45) is 0 Å². The van der Waals surface area contributed by atoms with Crippen LogP contribution in [-0.2, 0) is 17.8 Å². The van der Waals surface area contributed by atoms with E-state index in [4.69, 9.17) is 0 Å². The second kappa shape index (κ2) is 6.14. The molecular formula is C14H23N3O. The molecule has 0 spiro atoms. The molecule has 1 aromatic rings. The number of nitrogens with one attached hydrogen (secondary N) is 1. The molecule has 2 rings (SSSR count). The molecule has 1 heterocycles. The van der Waals surface area contributed by atoms with Crippen molar-refractivity contribution in [3.63, 3.8) is 0 Å². The van der Waals surface area contributed by atoms with Gasteiger partial charge >= 0.3 is 0 Å². The fraction of sp³-hybridized carbons (Fsp3) is 0.714. The number of ketones is 1. The SMILES string of the molecule is CCn1nc(C)cc1CC(=O)CNC1CCCC1. The van der Waals surface area contributed by atoms with Gasteiger partial charge in [0.25, 0.3) is 0 Å². The number of nitrogens with zero attached hydrogens (tertiary/aromatic N) is 2. The molecule has 1 N–H and O–H groups in total. The normalized spacial score (nSPS) is 16.3. The van der Waals surface area contributed by atoms with Gasteiger partial charge in [-0.15, -0.1) is 0 Å². The van der Waals surface area contributed by atoms with Gasteiger partial charge in [0, 0.05) is 24.7 Å². The van der Waals surface area contributed by atoms with E-state index in [2.05, 4.69) is 17.3 Å². The van der Waals surface area contributed by atoms with Crippen molar-refractivity contribution in [3.05, 3.63) is 17.5 Å². The Morgan fingerprint density at radius 3 is 2.89 bits per heavy atom. The number of hydrogen-bond donors (Lipinski definition) is 1. The van der Waals surface area contributed by atoms with E-state index in [0.717, 1.165) is 17.9 Å². The first-order chi connectivity index (χ1) is 8.69. The maximum Gasteiger partial charge on any atom is 0.152 e. The highest BCUT2D eigenvalue weighted by atomic mass is 16.1. The summed E-state index contributed by atoms with van der Waals surface area (Å²) in [6.07, 6.45) is 5.54. The van der Waals surface area contributed by atoms with Gasteiger partial charge in [-0.05, 0) is 32.8 Å². The molecule has 0 unspecified atom stereocenters. The number of carbonyl (C=O) groups excluding carboxylic acids is 1. The number of aromatic nitrogens is 2. The molecule has 18 heavy (non-hydrogen) atoms. The van der Waals surface area contributed by atoms with E-state index in [9.17, 15) is 4.79 Å². The zero-order valence-corrected chi connectivity index (χ0v) is 11.4. The summed E-state index contributed by atoms with van der Waals surface area (Å²) < 4.78 is 1.92. The molecule has 1 saturated carbocycles. The highest BCUT2D eigenvalue weighted by Gasteiger charge is 2.16. The number of carbonyl (C=O) groups is 1. The van der Waals surface area contributed by atoms with Crippen molar-refractivity contribution in [1.82, 2.24) is 15.1 Å². The van der Waals surface area contributed by atoms with E-state index < -0.39 is 0 Å². The van der Waals surface area contributed by atoms with Gasteiger partial charge in [-0.2, -0.15) is 5.10 Å². The molecule has 1 aliphatic carbocycles. The standard InChI is InChI=1S/C14H23N3O/c1-3-17-13(8-11(2)16-17)9-14(18)10-15-12-6-4-5-7-12/h8,12,15H,3-7,9-10H2,1-2H3. The molecule has 0 bridgehead atoms. The summed E-state index contributed by atoms with van der Waals surface area (Å²) in [6, 6.07) is 2.57. The zero-order valence-electron chi connectivity index (χ0n) is 11.4. The topological polar surface area (TPSA) is 46.9 Å². The summed E-state index contributed by atoms with van der Waals surface area (Å²) in [7, 11) is 0. The maximum atomic E-state index is 11.9. The minimum Gasteiger partial charge on any atom is -0.307 e. The van der Waals surface area contributed by atoms with Crippen molar-refractivity contribution < 1.29 is 4.79 Å². The second-order valence-electron chi connectivity index (χ2n) is 5.17. The predicted octanol–water partition coefficient (Wildman–Crippen LogP) is 1.86. The molecule has 4 heteroatoms. The quantitative estimate of drug-likeness (QED) is 0.837. The Balaban J connectivity index is 1.82. The van der Waals surface area contributed by atoms with E-state index in [-0.39, 0.29) is 5.78 Å². The molecule has 100 valence electrons. The van der Waals surface area contributed by atoms with Crippen molar-refractivity contribution >= 4 is 5.78 Å². The molecule has 1 aliphatic rings. The molecule has 0 aromatic carbocycles. The van der Waals surface area contributed by atoms with Gasteiger partial charge in [-0.3, -0.25) is 9.48 Å². The monoisotopic (exact) mass is 249 g/mol. The van der Waals surface area contributed by atoms with Crippen LogP contribution in [-0.4, -0.2) is 28.2 Å². The fourth-order valence-electron chi connectivity index (χ4n) is 2.67. The van der Waals surface area contributed by atoms with Gasteiger partial charge in [0.1, 0.15) is 0 Å². The van der Waals surface area contributed by atoms with Crippen molar-refractivity contribution in [2.45, 2.75) is 58.5 Å². The molecule has 0 amide bonds. The highest BCUT2D eigenvalue weighted by molar-refractivity contribution is 5.82. The Bertz CT molecular complexity index is 405. The van der Waals surface area contributed by atoms with Gasteiger partial charge in [0.05, 0.1) is 12.2 Å². The molecule has 1 fully saturated rings. The predicted molar refractivity (Wildman–Crippen MR) is 71.6 cm³/mol. The Hall–Kier alpha value is -1.16. The van der Waals surface area contributed by atoms with Crippen LogP contribution in [0.5, 0.6) is 0 Å². The minimum absolute atomic E-state index is 0.261. The lowest BCUT2D eigenvalue weighted by atomic mass is 10.2. The first-order valence-corrected chi connectivity index (χ1v) is 6.97. The highest BCUT2D eigenvalue weighted by Crippen LogP contribution is 2.17. The van der Waals surface area contributed by atoms with Crippen LogP contribution in [0.3, 0.4) is 0 Å². The summed E-state index contributed by atoms with van der Waals surface area (Å²) in [4.78, 5) is 11.9. The van der Waals surface area contributed by atoms with Gasteiger partial charge in [0.2, 0.25) is 0 Å². The number of Topliss-reactive ketones (excluding diaryl/α,β-unsaturated/α-hetero) is 1. The average Bonchev–Trinajstić information content (AvgIpc) is 2.96. The number of aryl methyl sites for hydroxylation is 2. The molecule has 0 aliphatic heterocycles. The Morgan fingerprint density at radius 1 is 1.50 bits per heavy atom. The summed E-state index contributed by atoms with van der Waals surface area (Å²) in [5, 5.41) is 7.73. The van der Waals surface area contributed by atoms with Crippen LogP contribution in [0.15, 0.2) is 6.07 Å². The first-order valence-electron chi connectivity index (χ1n) is 6.97. The number of rotatable bonds is 6. The summed E-state index contributed by atoms with van der Waals surface area (Å²) in [6.45, 7) is 5.35. The van der Waals surface area contributed by atoms with Crippen LogP contribution >= 0.6 is 0 Å². The van der Waals surface area contributed by atoms with Crippen molar-refractivity contribution in [2.75, 3.05) is 6.54 Å². The molecule has 4 nitrogen and oxygen atoms in total. The molecule has 1 aromatic heterocycles. The van der Waals surface area contributed by atoms with E-state index in [1.807, 2.05) is 17.7 Å².